The molecule has 0 amide bonds. The molecule has 0 aliphatic rings. The van der Waals surface area contributed by atoms with Gasteiger partial charge in [-0.05, 0) is 24.3 Å². The molecule has 0 aliphatic heterocycles. The summed E-state index contributed by atoms with van der Waals surface area (Å²) in [7, 11) is -5.13. The zero-order valence-corrected chi connectivity index (χ0v) is 25.4. The standard InChI is InChI=1S/C16H37P.C14H10O6S/c1-5-9-13-17(14-10-6-2,15-11-7-3)16-12-8-4;15-13(16)9-5-1-3-7-11(9)21(19,20)12-8-4-2-6-10(12)14(17)18/h17H,5-16H2,1-4H3;1-8H,(H,15,16)(H,17,18). The molecular formula is C30H47O6PS. The summed E-state index contributed by atoms with van der Waals surface area (Å²) in [5.41, 5.74) is -0.810. The summed E-state index contributed by atoms with van der Waals surface area (Å²) >= 11 is 0. The molecule has 2 N–H and O–H groups in total. The van der Waals surface area contributed by atoms with E-state index in [1.807, 2.05) is 0 Å². The number of aromatic carboxylic acids is 2. The van der Waals surface area contributed by atoms with Crippen LogP contribution in [0.15, 0.2) is 58.3 Å². The van der Waals surface area contributed by atoms with Gasteiger partial charge in [0.05, 0.1) is 20.9 Å². The van der Waals surface area contributed by atoms with Crippen LogP contribution in [-0.2, 0) is 9.84 Å². The van der Waals surface area contributed by atoms with Gasteiger partial charge in [0, 0.05) is 0 Å². The molecule has 0 fully saturated rings. The van der Waals surface area contributed by atoms with E-state index in [4.69, 9.17) is 10.2 Å². The Kier molecular flexibility index (Phi) is 15.4. The van der Waals surface area contributed by atoms with Crippen molar-refractivity contribution < 1.29 is 28.2 Å². The summed E-state index contributed by atoms with van der Waals surface area (Å²) in [6, 6.07) is 10.1. The Bertz CT molecular complexity index is 1010. The van der Waals surface area contributed by atoms with Crippen LogP contribution in [0.1, 0.15) is 99.8 Å². The summed E-state index contributed by atoms with van der Waals surface area (Å²) in [6.45, 7) is 9.44. The fraction of sp³-hybridized carbons (Fsp3) is 0.533. The van der Waals surface area contributed by atoms with Crippen molar-refractivity contribution in [1.82, 2.24) is 0 Å². The van der Waals surface area contributed by atoms with Gasteiger partial charge in [0.1, 0.15) is 0 Å². The minimum absolute atomic E-state index is 0.405. The van der Waals surface area contributed by atoms with E-state index in [1.165, 1.54) is 75.6 Å². The third-order valence-electron chi connectivity index (χ3n) is 7.06. The quantitative estimate of drug-likeness (QED) is 0.200. The van der Waals surface area contributed by atoms with Crippen molar-refractivity contribution in [3.8, 4) is 0 Å². The summed E-state index contributed by atoms with van der Waals surface area (Å²) < 4.78 is 25.1. The van der Waals surface area contributed by atoms with Crippen molar-refractivity contribution in [2.24, 2.45) is 0 Å². The van der Waals surface area contributed by atoms with Crippen molar-refractivity contribution in [1.29, 1.82) is 0 Å². The maximum atomic E-state index is 12.6. The second-order valence-electron chi connectivity index (χ2n) is 10.0. The topological polar surface area (TPSA) is 109 Å². The molecule has 0 heterocycles. The largest absolute Gasteiger partial charge is 0.478 e. The molecule has 214 valence electrons. The molecule has 0 aliphatic carbocycles. The number of unbranched alkanes of at least 4 members (excludes halogenated alkanes) is 4. The van der Waals surface area contributed by atoms with Crippen LogP contribution in [0.5, 0.6) is 0 Å². The van der Waals surface area contributed by atoms with Crippen LogP contribution < -0.4 is 0 Å². The summed E-state index contributed by atoms with van der Waals surface area (Å²) in [5, 5.41) is 18.1. The number of benzene rings is 2. The molecule has 0 unspecified atom stereocenters. The minimum Gasteiger partial charge on any atom is -0.478 e. The Hall–Kier alpha value is -2.24. The average molecular weight is 567 g/mol. The van der Waals surface area contributed by atoms with Crippen LogP contribution >= 0.6 is 7.26 Å². The van der Waals surface area contributed by atoms with Gasteiger partial charge in [0.2, 0.25) is 9.84 Å². The van der Waals surface area contributed by atoms with Crippen molar-refractivity contribution in [3.63, 3.8) is 0 Å². The third kappa shape index (κ3) is 10.1. The number of sulfone groups is 1. The fourth-order valence-electron chi connectivity index (χ4n) is 4.83. The van der Waals surface area contributed by atoms with Crippen LogP contribution in [0.4, 0.5) is 0 Å². The van der Waals surface area contributed by atoms with E-state index in [9.17, 15) is 18.0 Å². The monoisotopic (exact) mass is 566 g/mol. The third-order valence-corrected chi connectivity index (χ3v) is 14.6. The smallest absolute Gasteiger partial charge is 0.337 e. The van der Waals surface area contributed by atoms with Gasteiger partial charge in [-0.2, -0.15) is 0 Å². The van der Waals surface area contributed by atoms with E-state index < -0.39 is 50.0 Å². The zero-order chi connectivity index (χ0) is 28.6. The zero-order valence-electron chi connectivity index (χ0n) is 23.5. The minimum atomic E-state index is -4.25. The van der Waals surface area contributed by atoms with Crippen LogP contribution in [0, 0.1) is 0 Å². The number of carboxylic acids is 2. The Balaban J connectivity index is 0.000000391. The van der Waals surface area contributed by atoms with Gasteiger partial charge in [0.15, 0.2) is 0 Å². The van der Waals surface area contributed by atoms with Crippen molar-refractivity contribution >= 4 is 29.0 Å². The average Bonchev–Trinajstić information content (AvgIpc) is 2.92. The molecular weight excluding hydrogens is 519 g/mol. The van der Waals surface area contributed by atoms with Gasteiger partial charge in [-0.15, -0.1) is 0 Å². The van der Waals surface area contributed by atoms with Gasteiger partial charge >= 0.3 is 123 Å². The molecule has 2 aromatic carbocycles. The normalized spacial score (nSPS) is 11.9. The Morgan fingerprint density at radius 3 is 1.16 bits per heavy atom. The van der Waals surface area contributed by atoms with E-state index in [0.29, 0.717) is 0 Å². The number of carboxylic acid groups (broad SMARTS) is 2. The Morgan fingerprint density at radius 2 is 0.895 bits per heavy atom. The molecule has 8 heteroatoms. The van der Waals surface area contributed by atoms with E-state index >= 15 is 0 Å². The number of rotatable bonds is 16. The first-order chi connectivity index (χ1) is 18.1. The van der Waals surface area contributed by atoms with E-state index in [2.05, 4.69) is 27.7 Å². The molecule has 0 bridgehead atoms. The molecule has 2 aromatic rings. The number of carbonyl (C=O) groups is 2. The van der Waals surface area contributed by atoms with Crippen molar-refractivity contribution in [2.45, 2.75) is 88.9 Å². The van der Waals surface area contributed by atoms with Crippen LogP contribution in [0.3, 0.4) is 0 Å². The first-order valence-electron chi connectivity index (χ1n) is 14.0. The van der Waals surface area contributed by atoms with Gasteiger partial charge in [-0.3, -0.25) is 0 Å². The molecule has 0 saturated carbocycles. The summed E-state index contributed by atoms with van der Waals surface area (Å²) in [5.74, 6) is -2.80. The molecule has 0 atom stereocenters. The van der Waals surface area contributed by atoms with Crippen molar-refractivity contribution in [2.75, 3.05) is 24.6 Å². The second-order valence-corrected chi connectivity index (χ2v) is 16.9. The summed E-state index contributed by atoms with van der Waals surface area (Å²) in [6.07, 6.45) is 18.1. The molecule has 2 rings (SSSR count). The number of hydrogen-bond donors (Lipinski definition) is 2. The first-order valence-corrected chi connectivity index (χ1v) is 18.3. The predicted octanol–water partition coefficient (Wildman–Crippen LogP) is 7.85. The SMILES string of the molecule is CCCC[PH](CCCC)(CCCC)CCCC.O=C(O)c1ccccc1S(=O)(=O)c1ccccc1C(=O)O. The number of hydrogen-bond acceptors (Lipinski definition) is 4. The molecule has 0 saturated heterocycles. The maximum Gasteiger partial charge on any atom is 0.337 e. The molecule has 0 radical (unpaired) electrons. The van der Waals surface area contributed by atoms with Gasteiger partial charge in [-0.1, -0.05) is 24.3 Å². The van der Waals surface area contributed by atoms with Gasteiger partial charge in [0.25, 0.3) is 0 Å². The fourth-order valence-corrected chi connectivity index (χ4v) is 12.4. The Morgan fingerprint density at radius 1 is 0.605 bits per heavy atom. The van der Waals surface area contributed by atoms with Crippen LogP contribution in [-0.4, -0.2) is 55.2 Å². The molecule has 38 heavy (non-hydrogen) atoms. The van der Waals surface area contributed by atoms with Gasteiger partial charge in [-0.25, -0.2) is 18.0 Å². The molecule has 0 spiro atoms. The first kappa shape index (κ1) is 33.8. The van der Waals surface area contributed by atoms with Crippen molar-refractivity contribution in [3.05, 3.63) is 59.7 Å². The molecule has 0 aromatic heterocycles. The second kappa shape index (κ2) is 17.4. The Labute approximate surface area is 230 Å². The van der Waals surface area contributed by atoms with Crippen LogP contribution in [0.2, 0.25) is 0 Å². The predicted molar refractivity (Wildman–Crippen MR) is 160 cm³/mol. The van der Waals surface area contributed by atoms with E-state index in [-0.39, 0.29) is 0 Å². The van der Waals surface area contributed by atoms with Gasteiger partial charge < -0.3 is 10.2 Å². The van der Waals surface area contributed by atoms with E-state index in [0.717, 1.165) is 24.3 Å². The van der Waals surface area contributed by atoms with E-state index in [1.54, 1.807) is 24.6 Å². The summed E-state index contributed by atoms with van der Waals surface area (Å²) in [4.78, 5) is 21.4. The molecule has 6 nitrogen and oxygen atoms in total. The van der Waals surface area contributed by atoms with Crippen LogP contribution in [0.25, 0.3) is 0 Å². The maximum absolute atomic E-state index is 12.6.